The molecule has 3 fully saturated rings. The number of carbonyl (C=O) groups excluding carboxylic acids is 1. The topological polar surface area (TPSA) is 159 Å². The predicted octanol–water partition coefficient (Wildman–Crippen LogP) is 0.825. The molecule has 0 saturated heterocycles. The average Bonchev–Trinajstić information content (AvgIpc) is 3.01. The molecule has 0 spiro atoms. The van der Waals surface area contributed by atoms with Gasteiger partial charge in [-0.25, -0.2) is 0 Å². The van der Waals surface area contributed by atoms with Gasteiger partial charge in [0.25, 0.3) is 0 Å². The minimum absolute atomic E-state index is 0.0989. The molecule has 11 atom stereocenters. The zero-order valence-corrected chi connectivity index (χ0v) is 21.6. The van der Waals surface area contributed by atoms with Gasteiger partial charge in [0, 0.05) is 23.2 Å². The number of fused-ring (bicyclic) bond motifs is 5. The number of rotatable bonds is 5. The van der Waals surface area contributed by atoms with Gasteiger partial charge >= 0.3 is 0 Å². The van der Waals surface area contributed by atoms with E-state index in [-0.39, 0.29) is 25.7 Å². The van der Waals surface area contributed by atoms with Crippen molar-refractivity contribution in [1.82, 2.24) is 0 Å². The lowest BCUT2D eigenvalue weighted by Crippen LogP contribution is -2.71. The van der Waals surface area contributed by atoms with E-state index >= 15 is 0 Å². The van der Waals surface area contributed by atoms with Crippen LogP contribution in [0.2, 0.25) is 0 Å². The molecule has 0 bridgehead atoms. The maximum Gasteiger partial charge on any atom is 0.187 e. The first-order valence-corrected chi connectivity index (χ1v) is 13.1. The van der Waals surface area contributed by atoms with Crippen LogP contribution < -0.4 is 0 Å². The Balaban J connectivity index is 1.76. The molecule has 0 aromatic heterocycles. The van der Waals surface area contributed by atoms with Gasteiger partial charge in [0.05, 0.1) is 35.6 Å². The molecule has 8 heteroatoms. The Morgan fingerprint density at radius 2 is 1.54 bits per heavy atom. The number of hydrogen-bond acceptors (Lipinski definition) is 8. The van der Waals surface area contributed by atoms with E-state index < -0.39 is 69.7 Å². The van der Waals surface area contributed by atoms with Crippen molar-refractivity contribution in [2.45, 2.75) is 121 Å². The van der Waals surface area contributed by atoms with Crippen LogP contribution in [0.3, 0.4) is 0 Å². The van der Waals surface area contributed by atoms with Gasteiger partial charge in [-0.05, 0) is 68.9 Å². The smallest absolute Gasteiger partial charge is 0.187 e. The molecule has 7 N–H and O–H groups in total. The lowest BCUT2D eigenvalue weighted by atomic mass is 9.43. The van der Waals surface area contributed by atoms with Gasteiger partial charge in [-0.15, -0.1) is 0 Å². The Bertz CT molecular complexity index is 900. The van der Waals surface area contributed by atoms with Gasteiger partial charge in [-0.2, -0.15) is 0 Å². The Morgan fingerprint density at radius 1 is 0.971 bits per heavy atom. The summed E-state index contributed by atoms with van der Waals surface area (Å²) in [6.07, 6.45) is -1.83. The van der Waals surface area contributed by atoms with Crippen LogP contribution in [-0.4, -0.2) is 82.7 Å². The summed E-state index contributed by atoms with van der Waals surface area (Å²) in [5.41, 5.74) is -7.02. The third kappa shape index (κ3) is 3.55. The fourth-order valence-corrected chi connectivity index (χ4v) is 8.42. The summed E-state index contributed by atoms with van der Waals surface area (Å²) in [6, 6.07) is 0. The third-order valence-corrected chi connectivity index (χ3v) is 10.6. The van der Waals surface area contributed by atoms with E-state index in [9.17, 15) is 40.5 Å². The van der Waals surface area contributed by atoms with Crippen LogP contribution in [0.4, 0.5) is 0 Å². The second-order valence-corrected chi connectivity index (χ2v) is 13.1. The fourth-order valence-electron chi connectivity index (χ4n) is 8.42. The second kappa shape index (κ2) is 8.32. The second-order valence-electron chi connectivity index (χ2n) is 13.1. The highest BCUT2D eigenvalue weighted by atomic mass is 16.3. The molecule has 0 radical (unpaired) electrons. The molecule has 8 nitrogen and oxygen atoms in total. The van der Waals surface area contributed by atoms with Crippen molar-refractivity contribution in [1.29, 1.82) is 0 Å². The summed E-state index contributed by atoms with van der Waals surface area (Å²) in [7, 11) is 0. The van der Waals surface area contributed by atoms with E-state index in [0.29, 0.717) is 24.3 Å². The molecular weight excluding hydrogens is 452 g/mol. The molecular formula is C27H44O8. The molecule has 0 aromatic rings. The first kappa shape index (κ1) is 27.2. The Hall–Kier alpha value is -0.870. The van der Waals surface area contributed by atoms with E-state index in [0.717, 1.165) is 6.42 Å². The van der Waals surface area contributed by atoms with Gasteiger partial charge in [-0.1, -0.05) is 27.7 Å². The van der Waals surface area contributed by atoms with Gasteiger partial charge < -0.3 is 35.7 Å². The Labute approximate surface area is 207 Å². The number of hydrogen-bond donors (Lipinski definition) is 7. The third-order valence-electron chi connectivity index (χ3n) is 10.6. The zero-order chi connectivity index (χ0) is 26.4. The molecule has 0 aromatic carbocycles. The zero-order valence-electron chi connectivity index (χ0n) is 21.6. The Morgan fingerprint density at radius 3 is 2.14 bits per heavy atom. The molecule has 4 aliphatic carbocycles. The highest BCUT2D eigenvalue weighted by Gasteiger charge is 2.73. The molecule has 4 rings (SSSR count). The molecule has 4 unspecified atom stereocenters. The molecule has 0 aliphatic heterocycles. The molecule has 0 heterocycles. The normalized spacial score (nSPS) is 50.1. The van der Waals surface area contributed by atoms with Crippen LogP contribution in [0.1, 0.15) is 79.6 Å². The molecule has 200 valence electrons. The SMILES string of the molecule is CC(C)CC[C@@H](O)[C@@](C)(O)C1CC[C@@]2(O)C3=CC(=O)[C@]4(O)CC(O)C(O)C[C@]4(C)C3[C@H](O)C[C@]12C. The summed E-state index contributed by atoms with van der Waals surface area (Å²) in [5, 5.41) is 78.4. The molecule has 35 heavy (non-hydrogen) atoms. The molecule has 0 amide bonds. The standard InChI is InChI=1S/C27H44O8/c1-14(2)6-7-20(31)25(5,33)19-8-9-26(34)15-10-21(32)27(35)13-17(29)16(28)11-24(27,4)22(15)18(30)12-23(19,26)3/h10,14,16-20,22,28-31,33-35H,6-9,11-13H2,1-5H3/t16?,17?,18-,19?,20-,22?,23-,24-,25+,26-,27-/m1/s1. The minimum Gasteiger partial charge on any atom is -0.392 e. The van der Waals surface area contributed by atoms with Gasteiger partial charge in [0.2, 0.25) is 0 Å². The molecule has 3 saturated carbocycles. The summed E-state index contributed by atoms with van der Waals surface area (Å²) in [5.74, 6) is -1.63. The number of carbonyl (C=O) groups is 1. The monoisotopic (exact) mass is 496 g/mol. The van der Waals surface area contributed by atoms with Crippen LogP contribution in [0.15, 0.2) is 11.6 Å². The molecule has 4 aliphatic rings. The summed E-state index contributed by atoms with van der Waals surface area (Å²) in [6.45, 7) is 9.14. The predicted molar refractivity (Wildman–Crippen MR) is 128 cm³/mol. The first-order valence-electron chi connectivity index (χ1n) is 13.1. The quantitative estimate of drug-likeness (QED) is 0.295. The van der Waals surface area contributed by atoms with Crippen molar-refractivity contribution in [3.63, 3.8) is 0 Å². The average molecular weight is 497 g/mol. The fraction of sp³-hybridized carbons (Fsp3) is 0.889. The largest absolute Gasteiger partial charge is 0.392 e. The lowest BCUT2D eigenvalue weighted by Gasteiger charge is -2.64. The van der Waals surface area contributed by atoms with Crippen LogP contribution in [0.25, 0.3) is 0 Å². The number of aliphatic hydroxyl groups is 7. The number of ketones is 1. The first-order chi connectivity index (χ1) is 16.0. The van der Waals surface area contributed by atoms with Crippen LogP contribution in [0, 0.1) is 28.6 Å². The lowest BCUT2D eigenvalue weighted by molar-refractivity contribution is -0.228. The maximum atomic E-state index is 13.3. The Kier molecular flexibility index (Phi) is 6.46. The summed E-state index contributed by atoms with van der Waals surface area (Å²) < 4.78 is 0. The van der Waals surface area contributed by atoms with E-state index in [2.05, 4.69) is 0 Å². The van der Waals surface area contributed by atoms with Gasteiger partial charge in [-0.3, -0.25) is 4.79 Å². The van der Waals surface area contributed by atoms with Crippen molar-refractivity contribution < 1.29 is 40.5 Å². The summed E-state index contributed by atoms with van der Waals surface area (Å²) in [4.78, 5) is 13.3. The van der Waals surface area contributed by atoms with Gasteiger partial charge in [0.1, 0.15) is 5.60 Å². The van der Waals surface area contributed by atoms with E-state index in [4.69, 9.17) is 0 Å². The van der Waals surface area contributed by atoms with Crippen molar-refractivity contribution in [2.75, 3.05) is 0 Å². The number of aliphatic hydroxyl groups excluding tert-OH is 4. The van der Waals surface area contributed by atoms with Crippen molar-refractivity contribution >= 4 is 5.78 Å². The van der Waals surface area contributed by atoms with Crippen molar-refractivity contribution in [3.8, 4) is 0 Å². The highest BCUT2D eigenvalue weighted by molar-refractivity contribution is 6.00. The summed E-state index contributed by atoms with van der Waals surface area (Å²) >= 11 is 0. The highest BCUT2D eigenvalue weighted by Crippen LogP contribution is 2.69. The van der Waals surface area contributed by atoms with Crippen LogP contribution in [-0.2, 0) is 4.79 Å². The van der Waals surface area contributed by atoms with Crippen LogP contribution >= 0.6 is 0 Å². The van der Waals surface area contributed by atoms with Crippen molar-refractivity contribution in [3.05, 3.63) is 11.6 Å². The van der Waals surface area contributed by atoms with Crippen molar-refractivity contribution in [2.24, 2.45) is 28.6 Å². The maximum absolute atomic E-state index is 13.3. The van der Waals surface area contributed by atoms with Gasteiger partial charge in [0.15, 0.2) is 5.78 Å². The van der Waals surface area contributed by atoms with E-state index in [1.54, 1.807) is 13.8 Å². The minimum atomic E-state index is -1.97. The van der Waals surface area contributed by atoms with Crippen LogP contribution in [0.5, 0.6) is 0 Å². The van der Waals surface area contributed by atoms with E-state index in [1.165, 1.54) is 6.08 Å². The van der Waals surface area contributed by atoms with E-state index in [1.807, 2.05) is 20.8 Å².